The summed E-state index contributed by atoms with van der Waals surface area (Å²) in [5.74, 6) is 8.95. The van der Waals surface area contributed by atoms with E-state index in [0.29, 0.717) is 67.3 Å². The lowest BCUT2D eigenvalue weighted by Gasteiger charge is -2.37. The van der Waals surface area contributed by atoms with Gasteiger partial charge >= 0.3 is 0 Å². The van der Waals surface area contributed by atoms with Crippen molar-refractivity contribution < 1.29 is 19.2 Å². The van der Waals surface area contributed by atoms with E-state index < -0.39 is 5.41 Å². The first-order valence-electron chi connectivity index (χ1n) is 21.5. The number of carbonyl (C=O) groups is 4. The van der Waals surface area contributed by atoms with Gasteiger partial charge in [0.25, 0.3) is 23.6 Å². The van der Waals surface area contributed by atoms with Crippen LogP contribution in [0.4, 0.5) is 22.7 Å². The van der Waals surface area contributed by atoms with Gasteiger partial charge in [0, 0.05) is 67.3 Å². The number of nitrogens with one attached hydrogen (secondary N) is 4. The molecule has 0 aliphatic carbocycles. The Kier molecular flexibility index (Phi) is 13.4. The molecule has 0 saturated carbocycles. The Morgan fingerprint density at radius 3 is 0.696 bits per heavy atom. The zero-order chi connectivity index (χ0) is 48.3. The van der Waals surface area contributed by atoms with Crippen LogP contribution in [0.5, 0.6) is 0 Å². The molecule has 0 saturated heterocycles. The highest BCUT2D eigenvalue weighted by Gasteiger charge is 2.39. The summed E-state index contributed by atoms with van der Waals surface area (Å²) in [6.45, 7) is 0. The Balaban J connectivity index is 1.24. The minimum Gasteiger partial charge on any atom is -0.322 e. The second kappa shape index (κ2) is 20.4. The molecule has 0 spiro atoms. The lowest BCUT2D eigenvalue weighted by atomic mass is 9.64. The minimum atomic E-state index is -1.18. The Bertz CT molecular complexity index is 2970. The Morgan fingerprint density at radius 2 is 0.507 bits per heavy atom. The van der Waals surface area contributed by atoms with E-state index in [1.165, 1.54) is 0 Å². The predicted octanol–water partition coefficient (Wildman–Crippen LogP) is 11.0. The zero-order valence-electron chi connectivity index (χ0n) is 36.9. The van der Waals surface area contributed by atoms with Crippen molar-refractivity contribution in [2.45, 2.75) is 5.41 Å². The second-order valence-electron chi connectivity index (χ2n) is 15.8. The molecule has 4 N–H and O–H groups in total. The number of carbonyl (C=O) groups excluding carboxylic acids is 4. The summed E-state index contributed by atoms with van der Waals surface area (Å²) in [7, 11) is 0. The van der Waals surface area contributed by atoms with Crippen molar-refractivity contribution in [1.82, 2.24) is 0 Å². The fourth-order valence-electron chi connectivity index (χ4n) is 8.05. The first kappa shape index (κ1) is 45.4. The van der Waals surface area contributed by atoms with Gasteiger partial charge in [0.2, 0.25) is 0 Å². The summed E-state index contributed by atoms with van der Waals surface area (Å²) in [6.07, 6.45) is 22.5. The van der Waals surface area contributed by atoms with Crippen LogP contribution in [-0.4, -0.2) is 23.6 Å². The quantitative estimate of drug-likeness (QED) is 0.0722. The van der Waals surface area contributed by atoms with Gasteiger partial charge in [0.15, 0.2) is 0 Å². The summed E-state index contributed by atoms with van der Waals surface area (Å²) in [5, 5.41) is 11.7. The summed E-state index contributed by atoms with van der Waals surface area (Å²) >= 11 is 0. The molecular formula is C61H40N4O4. The topological polar surface area (TPSA) is 116 Å². The maximum absolute atomic E-state index is 13.7. The van der Waals surface area contributed by atoms with Gasteiger partial charge in [-0.1, -0.05) is 96.5 Å². The van der Waals surface area contributed by atoms with Crippen LogP contribution in [0.3, 0.4) is 0 Å². The maximum Gasteiger partial charge on any atom is 0.255 e. The molecule has 0 aliphatic rings. The van der Waals surface area contributed by atoms with Crippen molar-refractivity contribution in [2.24, 2.45) is 0 Å². The van der Waals surface area contributed by atoms with Crippen LogP contribution >= 0.6 is 0 Å². The van der Waals surface area contributed by atoms with E-state index in [2.05, 4.69) is 44.9 Å². The average Bonchev–Trinajstić information content (AvgIpc) is 3.39. The largest absolute Gasteiger partial charge is 0.322 e. The third-order valence-corrected chi connectivity index (χ3v) is 11.5. The minimum absolute atomic E-state index is 0.351. The fraction of sp³-hybridized carbons (Fsp3) is 0.0164. The molecule has 8 heteroatoms. The number of terminal acetylenes is 4. The third kappa shape index (κ3) is 10.1. The predicted molar refractivity (Wildman–Crippen MR) is 274 cm³/mol. The highest BCUT2D eigenvalue weighted by atomic mass is 16.2. The van der Waals surface area contributed by atoms with Crippen LogP contribution in [0, 0.1) is 49.4 Å². The Morgan fingerprint density at radius 1 is 0.304 bits per heavy atom. The van der Waals surface area contributed by atoms with Gasteiger partial charge in [-0.25, -0.2) is 0 Å². The number of hydrogen-bond acceptors (Lipinski definition) is 4. The molecule has 8 rings (SSSR count). The molecule has 0 radical (unpaired) electrons. The molecule has 328 valence electrons. The van der Waals surface area contributed by atoms with Crippen molar-refractivity contribution >= 4 is 46.4 Å². The monoisotopic (exact) mass is 892 g/mol. The molecule has 0 fully saturated rings. The SMILES string of the molecule is C#Cc1cccc(NC(=O)c2ccc(C(c3ccc(C(=O)Nc4cccc(C#C)c4)cc3)(c3ccc(C(=O)Nc4cccc(C#C)c4)cc3)c3ccc(C(=O)Nc4cccc(C#C)c4)cc3)cc2)c1. The van der Waals surface area contributed by atoms with E-state index in [1.807, 2.05) is 48.5 Å². The molecular weight excluding hydrogens is 853 g/mol. The van der Waals surface area contributed by atoms with Crippen molar-refractivity contribution in [3.8, 4) is 49.4 Å². The average molecular weight is 893 g/mol. The summed E-state index contributed by atoms with van der Waals surface area (Å²) in [4.78, 5) is 54.7. The van der Waals surface area contributed by atoms with Crippen LogP contribution < -0.4 is 21.3 Å². The number of benzene rings is 8. The van der Waals surface area contributed by atoms with Gasteiger partial charge in [-0.3, -0.25) is 19.2 Å². The Labute approximate surface area is 400 Å². The molecule has 8 aromatic carbocycles. The number of amides is 4. The van der Waals surface area contributed by atoms with Gasteiger partial charge in [0.05, 0.1) is 5.41 Å². The van der Waals surface area contributed by atoms with Crippen molar-refractivity contribution in [3.05, 3.63) is 261 Å². The van der Waals surface area contributed by atoms with Gasteiger partial charge in [-0.05, 0) is 144 Å². The molecule has 0 atom stereocenters. The van der Waals surface area contributed by atoms with Crippen LogP contribution in [0.1, 0.15) is 85.9 Å². The number of rotatable bonds is 12. The van der Waals surface area contributed by atoms with E-state index in [1.54, 1.807) is 146 Å². The van der Waals surface area contributed by atoms with E-state index in [9.17, 15) is 19.2 Å². The van der Waals surface area contributed by atoms with Crippen LogP contribution in [0.2, 0.25) is 0 Å². The van der Waals surface area contributed by atoms with E-state index in [0.717, 1.165) is 22.3 Å². The molecule has 0 bridgehead atoms. The van der Waals surface area contributed by atoms with Crippen molar-refractivity contribution in [1.29, 1.82) is 0 Å². The second-order valence-corrected chi connectivity index (χ2v) is 15.8. The van der Waals surface area contributed by atoms with E-state index in [4.69, 9.17) is 25.7 Å². The van der Waals surface area contributed by atoms with Crippen LogP contribution in [-0.2, 0) is 5.41 Å². The normalized spacial score (nSPS) is 10.5. The van der Waals surface area contributed by atoms with Gasteiger partial charge in [0.1, 0.15) is 0 Å². The van der Waals surface area contributed by atoms with E-state index >= 15 is 0 Å². The van der Waals surface area contributed by atoms with Gasteiger partial charge in [-0.2, -0.15) is 0 Å². The summed E-state index contributed by atoms with van der Waals surface area (Å²) in [5.41, 5.74) is 7.89. The molecule has 0 aromatic heterocycles. The summed E-state index contributed by atoms with van der Waals surface area (Å²) < 4.78 is 0. The number of anilines is 4. The standard InChI is InChI=1S/C61H40N4O4/c1-5-41-13-9-17-53(37-41)62-57(66)45-21-29-49(30-22-45)61(50-31-23-46(24-32-50)58(67)63-54-18-10-14-42(6-2)38-54,51-33-25-47(26-34-51)59(68)64-55-19-11-15-43(7-3)39-55)52-35-27-48(28-36-52)60(69)65-56-20-12-16-44(8-4)40-56/h1-4,9-40H,(H,62,66)(H,63,67)(H,64,68)(H,65,69). The molecule has 0 unspecified atom stereocenters. The molecule has 0 heterocycles. The molecule has 8 aromatic rings. The maximum atomic E-state index is 13.7. The highest BCUT2D eigenvalue weighted by Crippen LogP contribution is 2.46. The summed E-state index contributed by atoms with van der Waals surface area (Å²) in [6, 6.07) is 56.8. The van der Waals surface area contributed by atoms with Gasteiger partial charge in [-0.15, -0.1) is 25.7 Å². The first-order valence-corrected chi connectivity index (χ1v) is 21.5. The zero-order valence-corrected chi connectivity index (χ0v) is 36.9. The van der Waals surface area contributed by atoms with Crippen LogP contribution in [0.25, 0.3) is 0 Å². The molecule has 69 heavy (non-hydrogen) atoms. The molecule has 4 amide bonds. The first-order chi connectivity index (χ1) is 33.6. The van der Waals surface area contributed by atoms with Crippen LogP contribution in [0.15, 0.2) is 194 Å². The molecule has 0 aliphatic heterocycles. The smallest absolute Gasteiger partial charge is 0.255 e. The fourth-order valence-corrected chi connectivity index (χ4v) is 8.05. The lowest BCUT2D eigenvalue weighted by Crippen LogP contribution is -2.31. The third-order valence-electron chi connectivity index (χ3n) is 11.5. The van der Waals surface area contributed by atoms with Gasteiger partial charge < -0.3 is 21.3 Å². The van der Waals surface area contributed by atoms with Crippen molar-refractivity contribution in [2.75, 3.05) is 21.3 Å². The molecule has 8 nitrogen and oxygen atoms in total. The highest BCUT2D eigenvalue weighted by molar-refractivity contribution is 6.06. The lowest BCUT2D eigenvalue weighted by molar-refractivity contribution is 0.101. The van der Waals surface area contributed by atoms with Crippen molar-refractivity contribution in [3.63, 3.8) is 0 Å². The Hall–Kier alpha value is -10.1. The van der Waals surface area contributed by atoms with E-state index in [-0.39, 0.29) is 23.6 Å². The number of hydrogen-bond donors (Lipinski definition) is 4.